The van der Waals surface area contributed by atoms with E-state index in [9.17, 15) is 18.0 Å². The number of oxazole rings is 1. The molecule has 1 fully saturated rings. The monoisotopic (exact) mass is 431 g/mol. The number of amides is 1. The lowest BCUT2D eigenvalue weighted by atomic mass is 10.3. The highest BCUT2D eigenvalue weighted by atomic mass is 32.2. The second-order valence-electron chi connectivity index (χ2n) is 6.88. The molecule has 1 aliphatic rings. The number of rotatable bonds is 5. The molecule has 0 spiro atoms. The van der Waals surface area contributed by atoms with Crippen LogP contribution in [-0.4, -0.2) is 61.4 Å². The van der Waals surface area contributed by atoms with Crippen LogP contribution in [0.2, 0.25) is 0 Å². The van der Waals surface area contributed by atoms with Gasteiger partial charge in [-0.05, 0) is 36.4 Å². The minimum atomic E-state index is -3.65. The molecule has 0 N–H and O–H groups in total. The van der Waals surface area contributed by atoms with Crippen LogP contribution in [0.4, 0.5) is 0 Å². The molecule has 0 saturated carbocycles. The normalized spacial score (nSPS) is 15.4. The molecule has 30 heavy (non-hydrogen) atoms. The number of carbonyl (C=O) groups excluding carboxylic acids is 1. The summed E-state index contributed by atoms with van der Waals surface area (Å²) in [5.74, 6) is -0.276. The molecule has 10 heteroatoms. The Bertz CT molecular complexity index is 1220. The second-order valence-corrected chi connectivity index (χ2v) is 8.82. The van der Waals surface area contributed by atoms with E-state index in [1.807, 2.05) is 0 Å². The molecule has 158 valence electrons. The fourth-order valence-electron chi connectivity index (χ4n) is 3.47. The predicted molar refractivity (Wildman–Crippen MR) is 109 cm³/mol. The number of sulfonamides is 1. The lowest BCUT2D eigenvalue weighted by Gasteiger charge is -2.34. The van der Waals surface area contributed by atoms with Crippen LogP contribution < -0.4 is 10.5 Å². The van der Waals surface area contributed by atoms with E-state index in [0.717, 1.165) is 0 Å². The Morgan fingerprint density at radius 2 is 1.70 bits per heavy atom. The summed E-state index contributed by atoms with van der Waals surface area (Å²) in [6.45, 7) is 0.709. The largest absolute Gasteiger partial charge is 0.497 e. The Morgan fingerprint density at radius 3 is 2.37 bits per heavy atom. The number of fused-ring (bicyclic) bond motifs is 1. The van der Waals surface area contributed by atoms with Crippen molar-refractivity contribution < 1.29 is 22.4 Å². The molecular weight excluding hydrogens is 410 g/mol. The van der Waals surface area contributed by atoms with Crippen molar-refractivity contribution in [1.82, 2.24) is 13.8 Å². The van der Waals surface area contributed by atoms with Crippen LogP contribution in [0, 0.1) is 0 Å². The van der Waals surface area contributed by atoms with Crippen LogP contribution in [0.5, 0.6) is 5.75 Å². The Morgan fingerprint density at radius 1 is 1.03 bits per heavy atom. The third kappa shape index (κ3) is 3.71. The number of para-hydroxylation sites is 2. The number of nitrogens with zero attached hydrogens (tertiary/aromatic N) is 3. The molecule has 3 aromatic rings. The quantitative estimate of drug-likeness (QED) is 0.600. The highest BCUT2D eigenvalue weighted by molar-refractivity contribution is 7.89. The number of methoxy groups -OCH3 is 1. The number of carbonyl (C=O) groups is 1. The van der Waals surface area contributed by atoms with Crippen LogP contribution in [0.1, 0.15) is 0 Å². The summed E-state index contributed by atoms with van der Waals surface area (Å²) in [7, 11) is -2.14. The molecule has 4 rings (SSSR count). The number of benzene rings is 2. The van der Waals surface area contributed by atoms with Gasteiger partial charge in [-0.3, -0.25) is 9.36 Å². The summed E-state index contributed by atoms with van der Waals surface area (Å²) in [5, 5.41) is 0. The molecule has 9 nitrogen and oxygen atoms in total. The molecule has 0 atom stereocenters. The topological polar surface area (TPSA) is 102 Å². The zero-order chi connectivity index (χ0) is 21.3. The zero-order valence-electron chi connectivity index (χ0n) is 16.4. The van der Waals surface area contributed by atoms with E-state index in [-0.39, 0.29) is 43.5 Å². The molecule has 0 bridgehead atoms. The second kappa shape index (κ2) is 7.96. The molecule has 0 unspecified atom stereocenters. The molecule has 0 radical (unpaired) electrons. The van der Waals surface area contributed by atoms with Crippen LogP contribution in [0.3, 0.4) is 0 Å². The molecule has 0 aliphatic carbocycles. The Kier molecular flexibility index (Phi) is 5.35. The van der Waals surface area contributed by atoms with Crippen molar-refractivity contribution in [1.29, 1.82) is 0 Å². The minimum absolute atomic E-state index is 0.152. The number of hydrogen-bond acceptors (Lipinski definition) is 6. The van der Waals surface area contributed by atoms with Crippen LogP contribution in [0.25, 0.3) is 11.1 Å². The predicted octanol–water partition coefficient (Wildman–Crippen LogP) is 1.14. The minimum Gasteiger partial charge on any atom is -0.497 e. The van der Waals surface area contributed by atoms with Crippen molar-refractivity contribution in [2.75, 3.05) is 33.3 Å². The van der Waals surface area contributed by atoms with E-state index in [1.165, 1.54) is 28.1 Å². The maximum atomic E-state index is 12.8. The fourth-order valence-corrected chi connectivity index (χ4v) is 4.90. The van der Waals surface area contributed by atoms with Gasteiger partial charge in [0.05, 0.1) is 17.5 Å². The first-order valence-corrected chi connectivity index (χ1v) is 10.8. The molecule has 1 amide bonds. The Hall–Kier alpha value is -3.11. The molecule has 2 aromatic carbocycles. The van der Waals surface area contributed by atoms with E-state index >= 15 is 0 Å². The number of hydrogen-bond donors (Lipinski definition) is 0. The van der Waals surface area contributed by atoms with E-state index in [4.69, 9.17) is 9.15 Å². The van der Waals surface area contributed by atoms with E-state index in [1.54, 1.807) is 41.3 Å². The van der Waals surface area contributed by atoms with Gasteiger partial charge in [-0.25, -0.2) is 13.2 Å². The standard InChI is InChI=1S/C20H21N3O6S/c1-28-15-6-8-16(9-7-15)30(26,27)22-12-10-21(11-13-22)19(24)14-23-17-4-2-3-5-18(17)29-20(23)25/h2-9H,10-14H2,1H3. The van der Waals surface area contributed by atoms with Crippen molar-refractivity contribution in [2.24, 2.45) is 0 Å². The number of ether oxygens (including phenoxy) is 1. The van der Waals surface area contributed by atoms with Gasteiger partial charge in [0.25, 0.3) is 0 Å². The Labute approximate surface area is 173 Å². The average Bonchev–Trinajstić information content (AvgIpc) is 3.09. The summed E-state index contributed by atoms with van der Waals surface area (Å²) in [6, 6.07) is 13.1. The first kappa shape index (κ1) is 20.2. The van der Waals surface area contributed by atoms with E-state index < -0.39 is 15.8 Å². The summed E-state index contributed by atoms with van der Waals surface area (Å²) >= 11 is 0. The first-order chi connectivity index (χ1) is 14.4. The van der Waals surface area contributed by atoms with Gasteiger partial charge in [-0.15, -0.1) is 0 Å². The average molecular weight is 431 g/mol. The summed E-state index contributed by atoms with van der Waals surface area (Å²) in [4.78, 5) is 26.5. The van der Waals surface area contributed by atoms with Gasteiger partial charge in [-0.1, -0.05) is 12.1 Å². The lowest BCUT2D eigenvalue weighted by molar-refractivity contribution is -0.133. The van der Waals surface area contributed by atoms with Crippen LogP contribution >= 0.6 is 0 Å². The molecule has 1 aromatic heterocycles. The van der Waals surface area contributed by atoms with E-state index in [0.29, 0.717) is 16.8 Å². The van der Waals surface area contributed by atoms with Gasteiger partial charge < -0.3 is 14.1 Å². The maximum Gasteiger partial charge on any atom is 0.420 e. The molecule has 1 aliphatic heterocycles. The van der Waals surface area contributed by atoms with Gasteiger partial charge in [-0.2, -0.15) is 4.31 Å². The Balaban J connectivity index is 1.43. The third-order valence-electron chi connectivity index (χ3n) is 5.16. The fraction of sp³-hybridized carbons (Fsp3) is 0.300. The molecular formula is C20H21N3O6S. The van der Waals surface area contributed by atoms with Gasteiger partial charge >= 0.3 is 5.76 Å². The van der Waals surface area contributed by atoms with E-state index in [2.05, 4.69) is 0 Å². The first-order valence-electron chi connectivity index (χ1n) is 9.40. The van der Waals surface area contributed by atoms with Crippen molar-refractivity contribution in [3.05, 3.63) is 59.1 Å². The van der Waals surface area contributed by atoms with Crippen LogP contribution in [-0.2, 0) is 21.4 Å². The number of piperazine rings is 1. The third-order valence-corrected chi connectivity index (χ3v) is 7.07. The van der Waals surface area contributed by atoms with Gasteiger partial charge in [0, 0.05) is 26.2 Å². The summed E-state index contributed by atoms with van der Waals surface area (Å²) < 4.78 is 38.5. The molecule has 1 saturated heterocycles. The van der Waals surface area contributed by atoms with Gasteiger partial charge in [0.15, 0.2) is 5.58 Å². The zero-order valence-corrected chi connectivity index (χ0v) is 17.2. The van der Waals surface area contributed by atoms with Crippen molar-refractivity contribution in [2.45, 2.75) is 11.4 Å². The number of aromatic nitrogens is 1. The van der Waals surface area contributed by atoms with Gasteiger partial charge in [0.2, 0.25) is 15.9 Å². The van der Waals surface area contributed by atoms with Crippen LogP contribution in [0.15, 0.2) is 62.6 Å². The molecule has 2 heterocycles. The van der Waals surface area contributed by atoms with Crippen molar-refractivity contribution in [3.8, 4) is 5.75 Å². The van der Waals surface area contributed by atoms with Gasteiger partial charge in [0.1, 0.15) is 12.3 Å². The van der Waals surface area contributed by atoms with Crippen molar-refractivity contribution >= 4 is 27.0 Å². The van der Waals surface area contributed by atoms with Crippen molar-refractivity contribution in [3.63, 3.8) is 0 Å². The smallest absolute Gasteiger partial charge is 0.420 e. The SMILES string of the molecule is COc1ccc(S(=O)(=O)N2CCN(C(=O)Cn3c(=O)oc4ccccc43)CC2)cc1. The highest BCUT2D eigenvalue weighted by Crippen LogP contribution is 2.21. The highest BCUT2D eigenvalue weighted by Gasteiger charge is 2.30. The maximum absolute atomic E-state index is 12.8. The summed E-state index contributed by atoms with van der Waals surface area (Å²) in [5.41, 5.74) is 0.974. The lowest BCUT2D eigenvalue weighted by Crippen LogP contribution is -2.51. The summed E-state index contributed by atoms with van der Waals surface area (Å²) in [6.07, 6.45) is 0.